The van der Waals surface area contributed by atoms with Crippen LogP contribution >= 0.6 is 15.9 Å². The molecule has 0 bridgehead atoms. The summed E-state index contributed by atoms with van der Waals surface area (Å²) in [6.45, 7) is 0. The van der Waals surface area contributed by atoms with Crippen molar-refractivity contribution >= 4 is 20.6 Å². The van der Waals surface area contributed by atoms with E-state index in [-0.39, 0.29) is 16.4 Å². The first kappa shape index (κ1) is 9.84. The molecule has 0 heterocycles. The molecule has 0 saturated heterocycles. The van der Waals surface area contributed by atoms with Crippen LogP contribution in [0.2, 0.25) is 0 Å². The van der Waals surface area contributed by atoms with Crippen LogP contribution in [0.3, 0.4) is 0 Å². The molecule has 14 heavy (non-hydrogen) atoms. The predicted molar refractivity (Wildman–Crippen MR) is 55.8 cm³/mol. The van der Waals surface area contributed by atoms with Gasteiger partial charge in [0.15, 0.2) is 0 Å². The van der Waals surface area contributed by atoms with E-state index in [9.17, 15) is 9.18 Å². The van der Waals surface area contributed by atoms with Crippen LogP contribution in [0.1, 0.15) is 24.3 Å². The second-order valence-electron chi connectivity index (χ2n) is 3.64. The molecule has 1 saturated carbocycles. The van der Waals surface area contributed by atoms with Crippen molar-refractivity contribution in [3.05, 3.63) is 35.6 Å². The summed E-state index contributed by atoms with van der Waals surface area (Å²) in [5.41, 5.74) is 0.525. The van der Waals surface area contributed by atoms with Gasteiger partial charge in [0.1, 0.15) is 5.82 Å². The van der Waals surface area contributed by atoms with Gasteiger partial charge in [0.05, 0.1) is 5.92 Å². The number of carbonyl (C=O) groups is 1. The Morgan fingerprint density at radius 1 is 1.43 bits per heavy atom. The van der Waals surface area contributed by atoms with Gasteiger partial charge in [-0.3, -0.25) is 4.79 Å². The Balaban J connectivity index is 2.35. The highest BCUT2D eigenvalue weighted by Gasteiger charge is 2.37. The monoisotopic (exact) mass is 256 g/mol. The molecule has 1 nitrogen and oxygen atoms in total. The molecule has 1 aliphatic carbocycles. The smallest absolute Gasteiger partial charge is 0.205 e. The SMILES string of the molecule is O=C(Br)C(c1ccccc1F)C1CC1. The largest absolute Gasteiger partial charge is 0.286 e. The van der Waals surface area contributed by atoms with Gasteiger partial charge in [0, 0.05) is 0 Å². The molecule has 0 amide bonds. The van der Waals surface area contributed by atoms with Gasteiger partial charge < -0.3 is 0 Å². The quantitative estimate of drug-likeness (QED) is 0.759. The van der Waals surface area contributed by atoms with Gasteiger partial charge in [-0.05, 0) is 46.3 Å². The molecule has 1 atom stereocenters. The zero-order valence-corrected chi connectivity index (χ0v) is 9.13. The average molecular weight is 257 g/mol. The van der Waals surface area contributed by atoms with Crippen LogP contribution in [0.4, 0.5) is 4.39 Å². The molecule has 0 spiro atoms. The minimum atomic E-state index is -0.295. The third-order valence-corrected chi connectivity index (χ3v) is 3.07. The summed E-state index contributed by atoms with van der Waals surface area (Å²) >= 11 is 2.95. The number of halogens is 2. The van der Waals surface area contributed by atoms with Gasteiger partial charge in [-0.15, -0.1) is 0 Å². The van der Waals surface area contributed by atoms with Crippen LogP contribution in [0, 0.1) is 11.7 Å². The normalized spacial score (nSPS) is 17.9. The zero-order valence-electron chi connectivity index (χ0n) is 7.54. The van der Waals surface area contributed by atoms with Crippen molar-refractivity contribution in [3.8, 4) is 0 Å². The van der Waals surface area contributed by atoms with Crippen LogP contribution in [-0.2, 0) is 4.79 Å². The Labute approximate surface area is 90.4 Å². The summed E-state index contributed by atoms with van der Waals surface area (Å²) in [4.78, 5) is 11.3. The lowest BCUT2D eigenvalue weighted by Gasteiger charge is -2.12. The van der Waals surface area contributed by atoms with Crippen molar-refractivity contribution in [1.29, 1.82) is 0 Å². The first-order valence-electron chi connectivity index (χ1n) is 4.64. The maximum atomic E-state index is 13.4. The minimum Gasteiger partial charge on any atom is -0.286 e. The van der Waals surface area contributed by atoms with Crippen LogP contribution in [0.25, 0.3) is 0 Å². The molecule has 0 aliphatic heterocycles. The maximum Gasteiger partial charge on any atom is 0.205 e. The predicted octanol–water partition coefficient (Wildman–Crippen LogP) is 3.24. The van der Waals surface area contributed by atoms with Crippen molar-refractivity contribution in [1.82, 2.24) is 0 Å². The van der Waals surface area contributed by atoms with E-state index in [4.69, 9.17) is 0 Å². The fourth-order valence-corrected chi connectivity index (χ4v) is 2.34. The number of hydrogen-bond acceptors (Lipinski definition) is 1. The molecule has 1 fully saturated rings. The molecule has 1 aromatic rings. The van der Waals surface area contributed by atoms with Crippen molar-refractivity contribution in [2.24, 2.45) is 5.92 Å². The van der Waals surface area contributed by atoms with Crippen molar-refractivity contribution in [3.63, 3.8) is 0 Å². The third-order valence-electron chi connectivity index (χ3n) is 2.58. The fraction of sp³-hybridized carbons (Fsp3) is 0.364. The zero-order chi connectivity index (χ0) is 10.1. The molecule has 0 aromatic heterocycles. The molecule has 2 rings (SSSR count). The van der Waals surface area contributed by atoms with Gasteiger partial charge in [-0.25, -0.2) is 4.39 Å². The first-order valence-corrected chi connectivity index (χ1v) is 5.43. The Bertz CT molecular complexity index is 360. The third kappa shape index (κ3) is 1.87. The molecular weight excluding hydrogens is 247 g/mol. The number of carbonyl (C=O) groups excluding carboxylic acids is 1. The van der Waals surface area contributed by atoms with E-state index in [1.807, 2.05) is 0 Å². The average Bonchev–Trinajstić information content (AvgIpc) is 2.92. The van der Waals surface area contributed by atoms with E-state index in [1.54, 1.807) is 18.2 Å². The number of benzene rings is 1. The highest BCUT2D eigenvalue weighted by Crippen LogP contribution is 2.44. The van der Waals surface area contributed by atoms with Gasteiger partial charge in [0.2, 0.25) is 4.69 Å². The van der Waals surface area contributed by atoms with Crippen LogP contribution in [0.5, 0.6) is 0 Å². The van der Waals surface area contributed by atoms with E-state index >= 15 is 0 Å². The Morgan fingerprint density at radius 3 is 2.57 bits per heavy atom. The van der Waals surface area contributed by atoms with Gasteiger partial charge >= 0.3 is 0 Å². The van der Waals surface area contributed by atoms with Crippen molar-refractivity contribution < 1.29 is 9.18 Å². The van der Waals surface area contributed by atoms with Gasteiger partial charge in [-0.2, -0.15) is 0 Å². The fourth-order valence-electron chi connectivity index (χ4n) is 1.72. The van der Waals surface area contributed by atoms with Crippen LogP contribution in [0.15, 0.2) is 24.3 Å². The summed E-state index contributed by atoms with van der Waals surface area (Å²) in [6.07, 6.45) is 2.05. The molecule has 1 aliphatic rings. The lowest BCUT2D eigenvalue weighted by atomic mass is 9.95. The minimum absolute atomic E-state index is 0.106. The Kier molecular flexibility index (Phi) is 2.68. The lowest BCUT2D eigenvalue weighted by molar-refractivity contribution is -0.112. The van der Waals surface area contributed by atoms with Gasteiger partial charge in [0.25, 0.3) is 0 Å². The summed E-state index contributed by atoms with van der Waals surface area (Å²) in [5, 5.41) is 0. The van der Waals surface area contributed by atoms with Gasteiger partial charge in [-0.1, -0.05) is 18.2 Å². The molecule has 74 valence electrons. The molecule has 1 aromatic carbocycles. The standard InChI is InChI=1S/C11H10BrFO/c12-11(14)10(7-5-6-7)8-3-1-2-4-9(8)13/h1-4,7,10H,5-6H2. The van der Waals surface area contributed by atoms with Crippen molar-refractivity contribution in [2.75, 3.05) is 0 Å². The van der Waals surface area contributed by atoms with Crippen molar-refractivity contribution in [2.45, 2.75) is 18.8 Å². The van der Waals surface area contributed by atoms with E-state index in [2.05, 4.69) is 15.9 Å². The highest BCUT2D eigenvalue weighted by atomic mass is 79.9. The van der Waals surface area contributed by atoms with E-state index in [0.29, 0.717) is 11.5 Å². The topological polar surface area (TPSA) is 17.1 Å². The summed E-state index contributed by atoms with van der Waals surface area (Å²) in [6, 6.07) is 6.50. The summed E-state index contributed by atoms with van der Waals surface area (Å²) < 4.78 is 13.3. The second-order valence-corrected chi connectivity index (χ2v) is 4.42. The lowest BCUT2D eigenvalue weighted by Crippen LogP contribution is -2.10. The van der Waals surface area contributed by atoms with E-state index in [0.717, 1.165) is 12.8 Å². The molecule has 0 radical (unpaired) electrons. The Morgan fingerprint density at radius 2 is 2.07 bits per heavy atom. The molecule has 1 unspecified atom stereocenters. The second kappa shape index (κ2) is 3.81. The number of rotatable bonds is 3. The molecule has 3 heteroatoms. The summed E-state index contributed by atoms with van der Waals surface area (Å²) in [7, 11) is 0. The highest BCUT2D eigenvalue weighted by molar-refractivity contribution is 9.18. The first-order chi connectivity index (χ1) is 6.70. The van der Waals surface area contributed by atoms with Crippen LogP contribution < -0.4 is 0 Å². The molecule has 0 N–H and O–H groups in total. The van der Waals surface area contributed by atoms with Crippen LogP contribution in [-0.4, -0.2) is 4.69 Å². The van der Waals surface area contributed by atoms with E-state index in [1.165, 1.54) is 6.07 Å². The maximum absolute atomic E-state index is 13.4. The Hall–Kier alpha value is -0.700. The molecular formula is C11H10BrFO. The summed E-state index contributed by atoms with van der Waals surface area (Å²) in [5.74, 6) is -0.243. The number of hydrogen-bond donors (Lipinski definition) is 0. The van der Waals surface area contributed by atoms with E-state index < -0.39 is 0 Å².